The molecule has 0 aliphatic rings. The number of nitrogens with zero attached hydrogens (tertiary/aromatic N) is 2. The summed E-state index contributed by atoms with van der Waals surface area (Å²) >= 11 is 1.13. The van der Waals surface area contributed by atoms with Gasteiger partial charge in [0.25, 0.3) is 5.56 Å². The van der Waals surface area contributed by atoms with E-state index in [4.69, 9.17) is 9.98 Å². The predicted octanol–water partition coefficient (Wildman–Crippen LogP) is 1.97. The number of rotatable bonds is 6. The number of fused-ring (bicyclic) bond motifs is 1. The molecular weight excluding hydrogens is 354 g/mol. The van der Waals surface area contributed by atoms with Gasteiger partial charge in [-0.1, -0.05) is 0 Å². The van der Waals surface area contributed by atoms with Crippen LogP contribution in [0.4, 0.5) is 11.4 Å². The Kier molecular flexibility index (Phi) is 5.52. The highest BCUT2D eigenvalue weighted by molar-refractivity contribution is 7.97. The van der Waals surface area contributed by atoms with Crippen molar-refractivity contribution in [3.05, 3.63) is 59.1 Å². The van der Waals surface area contributed by atoms with Gasteiger partial charge in [0.1, 0.15) is 6.54 Å². The van der Waals surface area contributed by atoms with Crippen molar-refractivity contribution < 1.29 is 9.63 Å². The summed E-state index contributed by atoms with van der Waals surface area (Å²) in [4.78, 5) is 34.7. The van der Waals surface area contributed by atoms with E-state index in [0.717, 1.165) is 16.8 Å². The normalized spacial score (nSPS) is 10.7. The maximum Gasteiger partial charge on any atom is 0.261 e. The Morgan fingerprint density at radius 2 is 1.96 bits per heavy atom. The summed E-state index contributed by atoms with van der Waals surface area (Å²) in [6, 6.07) is 12.1. The molecule has 1 heterocycles. The first-order valence-corrected chi connectivity index (χ1v) is 8.53. The molecule has 8 nitrogen and oxygen atoms in total. The summed E-state index contributed by atoms with van der Waals surface area (Å²) < 4.78 is 1.27. The molecule has 9 heteroatoms. The molecule has 134 valence electrons. The zero-order chi connectivity index (χ0) is 18.5. The van der Waals surface area contributed by atoms with Crippen LogP contribution in [0.25, 0.3) is 10.9 Å². The molecule has 0 bridgehead atoms. The molecule has 0 saturated heterocycles. The van der Waals surface area contributed by atoms with Gasteiger partial charge in [0.2, 0.25) is 5.91 Å². The number of amides is 1. The Labute approximate surface area is 153 Å². The van der Waals surface area contributed by atoms with Gasteiger partial charge in [-0.05, 0) is 54.4 Å². The van der Waals surface area contributed by atoms with E-state index in [1.165, 1.54) is 18.0 Å². The quantitative estimate of drug-likeness (QED) is 0.449. The SMILES string of the molecule is CONc1ccc2c(=O)n(CC(=O)Nc3ccc(SN)cc3)cnc2c1. The van der Waals surface area contributed by atoms with Crippen LogP contribution < -0.4 is 21.5 Å². The van der Waals surface area contributed by atoms with Gasteiger partial charge in [0.05, 0.1) is 30.0 Å². The van der Waals surface area contributed by atoms with Crippen LogP contribution in [0.15, 0.2) is 58.5 Å². The van der Waals surface area contributed by atoms with Crippen molar-refractivity contribution in [1.29, 1.82) is 0 Å². The van der Waals surface area contributed by atoms with Crippen LogP contribution in [0.1, 0.15) is 0 Å². The molecule has 0 fully saturated rings. The third-order valence-corrected chi connectivity index (χ3v) is 4.18. The minimum absolute atomic E-state index is 0.132. The lowest BCUT2D eigenvalue weighted by Crippen LogP contribution is -2.27. The Morgan fingerprint density at radius 1 is 1.23 bits per heavy atom. The first kappa shape index (κ1) is 17.9. The van der Waals surface area contributed by atoms with E-state index in [-0.39, 0.29) is 18.0 Å². The molecule has 0 radical (unpaired) electrons. The van der Waals surface area contributed by atoms with Crippen molar-refractivity contribution in [3.63, 3.8) is 0 Å². The van der Waals surface area contributed by atoms with Crippen molar-refractivity contribution >= 4 is 40.1 Å². The van der Waals surface area contributed by atoms with Crippen molar-refractivity contribution in [2.45, 2.75) is 11.4 Å². The fourth-order valence-corrected chi connectivity index (χ4v) is 2.72. The lowest BCUT2D eigenvalue weighted by molar-refractivity contribution is -0.116. The van der Waals surface area contributed by atoms with E-state index in [0.29, 0.717) is 22.3 Å². The molecule has 0 atom stereocenters. The van der Waals surface area contributed by atoms with Crippen LogP contribution in [-0.4, -0.2) is 22.6 Å². The number of carbonyl (C=O) groups excluding carboxylic acids is 1. The summed E-state index contributed by atoms with van der Waals surface area (Å²) in [6.07, 6.45) is 1.36. The summed E-state index contributed by atoms with van der Waals surface area (Å²) in [7, 11) is 1.50. The molecule has 26 heavy (non-hydrogen) atoms. The molecule has 0 saturated carbocycles. The lowest BCUT2D eigenvalue weighted by Gasteiger charge is -2.09. The van der Waals surface area contributed by atoms with Crippen LogP contribution >= 0.6 is 11.9 Å². The molecule has 1 aromatic heterocycles. The number of hydrogen-bond acceptors (Lipinski definition) is 7. The van der Waals surface area contributed by atoms with Gasteiger partial charge >= 0.3 is 0 Å². The summed E-state index contributed by atoms with van der Waals surface area (Å²) in [5, 5.41) is 8.63. The highest BCUT2D eigenvalue weighted by Crippen LogP contribution is 2.16. The number of nitrogens with two attached hydrogens (primary N) is 1. The highest BCUT2D eigenvalue weighted by Gasteiger charge is 2.09. The number of anilines is 2. The van der Waals surface area contributed by atoms with Crippen molar-refractivity contribution in [3.8, 4) is 0 Å². The van der Waals surface area contributed by atoms with Gasteiger partial charge in [-0.2, -0.15) is 0 Å². The van der Waals surface area contributed by atoms with Crippen LogP contribution in [0, 0.1) is 0 Å². The minimum Gasteiger partial charge on any atom is -0.325 e. The predicted molar refractivity (Wildman–Crippen MR) is 102 cm³/mol. The van der Waals surface area contributed by atoms with E-state index in [1.807, 2.05) is 0 Å². The fraction of sp³-hybridized carbons (Fsp3) is 0.118. The van der Waals surface area contributed by atoms with Gasteiger partial charge < -0.3 is 5.32 Å². The molecule has 0 unspecified atom stereocenters. The first-order valence-electron chi connectivity index (χ1n) is 7.65. The average molecular weight is 371 g/mol. The van der Waals surface area contributed by atoms with E-state index in [1.54, 1.807) is 42.5 Å². The molecule has 0 aliphatic carbocycles. The van der Waals surface area contributed by atoms with E-state index in [9.17, 15) is 9.59 Å². The number of benzene rings is 2. The molecule has 2 aromatic carbocycles. The van der Waals surface area contributed by atoms with Crippen molar-refractivity contribution in [1.82, 2.24) is 9.55 Å². The van der Waals surface area contributed by atoms with Crippen molar-refractivity contribution in [2.24, 2.45) is 5.14 Å². The smallest absolute Gasteiger partial charge is 0.261 e. The average Bonchev–Trinajstić information content (AvgIpc) is 2.65. The molecule has 4 N–H and O–H groups in total. The zero-order valence-electron chi connectivity index (χ0n) is 13.9. The second kappa shape index (κ2) is 8.00. The standard InChI is InChI=1S/C17H17N5O3S/c1-25-21-12-4-7-14-15(8-12)19-10-22(17(14)24)9-16(23)20-11-2-5-13(26-18)6-3-11/h2-8,10,21H,9,18H2,1H3,(H,20,23). The maximum atomic E-state index is 12.5. The molecule has 3 aromatic rings. The van der Waals surface area contributed by atoms with Gasteiger partial charge in [0.15, 0.2) is 0 Å². The highest BCUT2D eigenvalue weighted by atomic mass is 32.2. The minimum atomic E-state index is -0.320. The van der Waals surface area contributed by atoms with Crippen molar-refractivity contribution in [2.75, 3.05) is 17.9 Å². The van der Waals surface area contributed by atoms with Crippen LogP contribution in [0.2, 0.25) is 0 Å². The molecular formula is C17H17N5O3S. The van der Waals surface area contributed by atoms with Gasteiger partial charge in [-0.15, -0.1) is 0 Å². The molecule has 1 amide bonds. The second-order valence-corrected chi connectivity index (χ2v) is 6.11. The van der Waals surface area contributed by atoms with E-state index < -0.39 is 0 Å². The molecule has 3 rings (SSSR count). The summed E-state index contributed by atoms with van der Waals surface area (Å²) in [5.41, 5.74) is 4.22. The zero-order valence-corrected chi connectivity index (χ0v) is 14.7. The number of carbonyl (C=O) groups is 1. The largest absolute Gasteiger partial charge is 0.325 e. The Morgan fingerprint density at radius 3 is 2.65 bits per heavy atom. The topological polar surface area (TPSA) is 111 Å². The number of nitrogens with one attached hydrogen (secondary N) is 2. The summed E-state index contributed by atoms with van der Waals surface area (Å²) in [5.74, 6) is -0.320. The maximum absolute atomic E-state index is 12.5. The second-order valence-electron chi connectivity index (χ2n) is 5.41. The third kappa shape index (κ3) is 4.02. The van der Waals surface area contributed by atoms with E-state index >= 15 is 0 Å². The third-order valence-electron chi connectivity index (χ3n) is 3.63. The van der Waals surface area contributed by atoms with Gasteiger partial charge in [0, 0.05) is 10.6 Å². The Hall–Kier alpha value is -2.88. The Balaban J connectivity index is 1.77. The van der Waals surface area contributed by atoms with Gasteiger partial charge in [-0.3, -0.25) is 29.6 Å². The Bertz CT molecular complexity index is 988. The number of hydrogen-bond donors (Lipinski definition) is 3. The van der Waals surface area contributed by atoms with Crippen LogP contribution in [-0.2, 0) is 16.2 Å². The number of aromatic nitrogens is 2. The van der Waals surface area contributed by atoms with E-state index in [2.05, 4.69) is 15.8 Å². The van der Waals surface area contributed by atoms with Crippen LogP contribution in [0.5, 0.6) is 0 Å². The van der Waals surface area contributed by atoms with Gasteiger partial charge in [-0.25, -0.2) is 4.98 Å². The van der Waals surface area contributed by atoms with Crippen LogP contribution in [0.3, 0.4) is 0 Å². The summed E-state index contributed by atoms with van der Waals surface area (Å²) in [6.45, 7) is -0.132. The first-order chi connectivity index (χ1) is 12.6. The lowest BCUT2D eigenvalue weighted by atomic mass is 10.2. The molecule has 0 spiro atoms. The molecule has 0 aliphatic heterocycles. The monoisotopic (exact) mass is 371 g/mol. The fourth-order valence-electron chi connectivity index (χ4n) is 2.42.